The van der Waals surface area contributed by atoms with Crippen molar-refractivity contribution in [1.82, 2.24) is 4.98 Å². The van der Waals surface area contributed by atoms with Crippen LogP contribution >= 0.6 is 0 Å². The van der Waals surface area contributed by atoms with Gasteiger partial charge in [0.1, 0.15) is 17.6 Å². The van der Waals surface area contributed by atoms with E-state index in [-0.39, 0.29) is 4.90 Å². The third-order valence-electron chi connectivity index (χ3n) is 4.51. The van der Waals surface area contributed by atoms with Gasteiger partial charge in [-0.2, -0.15) is 5.26 Å². The summed E-state index contributed by atoms with van der Waals surface area (Å²) in [6.07, 6.45) is 2.85. The van der Waals surface area contributed by atoms with Crippen molar-refractivity contribution in [3.63, 3.8) is 0 Å². The minimum atomic E-state index is -3.31. The van der Waals surface area contributed by atoms with Crippen LogP contribution in [0.3, 0.4) is 0 Å². The molecule has 0 amide bonds. The average Bonchev–Trinajstić information content (AvgIpc) is 2.79. The van der Waals surface area contributed by atoms with Gasteiger partial charge in [0.15, 0.2) is 9.84 Å². The van der Waals surface area contributed by atoms with Crippen molar-refractivity contribution in [3.05, 3.63) is 84.6 Å². The van der Waals surface area contributed by atoms with Gasteiger partial charge in [-0.25, -0.2) is 8.42 Å². The number of para-hydroxylation sites is 1. The minimum Gasteiger partial charge on any atom is -0.457 e. The highest BCUT2D eigenvalue weighted by atomic mass is 32.2. The molecule has 0 unspecified atom stereocenters. The maximum atomic E-state index is 11.8. The van der Waals surface area contributed by atoms with Crippen LogP contribution in [0.25, 0.3) is 22.0 Å². The summed E-state index contributed by atoms with van der Waals surface area (Å²) in [4.78, 5) is 4.55. The van der Waals surface area contributed by atoms with E-state index in [1.807, 2.05) is 50.2 Å². The largest absolute Gasteiger partial charge is 0.457 e. The Bertz CT molecular complexity index is 1370. The molecule has 4 rings (SSSR count). The monoisotopic (exact) mass is 430 g/mol. The molecule has 0 saturated heterocycles. The molecule has 0 fully saturated rings. The van der Waals surface area contributed by atoms with Crippen LogP contribution in [0.5, 0.6) is 11.5 Å². The first-order valence-electron chi connectivity index (χ1n) is 9.82. The minimum absolute atomic E-state index is 0.204. The van der Waals surface area contributed by atoms with Gasteiger partial charge in [-0.1, -0.05) is 44.2 Å². The summed E-state index contributed by atoms with van der Waals surface area (Å²) in [6, 6.07) is 23.5. The van der Waals surface area contributed by atoms with E-state index in [0.29, 0.717) is 22.6 Å². The molecule has 1 heterocycles. The van der Waals surface area contributed by atoms with E-state index in [9.17, 15) is 13.7 Å². The number of hydrogen-bond acceptors (Lipinski definition) is 5. The van der Waals surface area contributed by atoms with E-state index in [0.717, 1.165) is 22.8 Å². The van der Waals surface area contributed by atoms with Crippen molar-refractivity contribution >= 4 is 20.7 Å². The molecular weight excluding hydrogens is 408 g/mol. The van der Waals surface area contributed by atoms with Crippen LogP contribution in [0.15, 0.2) is 83.9 Å². The summed E-state index contributed by atoms with van der Waals surface area (Å²) in [6.45, 7) is 4.00. The number of nitrogens with zero attached hydrogens (tertiary/aromatic N) is 2. The number of hydrogen-bond donors (Lipinski definition) is 0. The molecule has 0 spiro atoms. The molecule has 3 aromatic carbocycles. The van der Waals surface area contributed by atoms with E-state index in [1.54, 1.807) is 30.5 Å². The van der Waals surface area contributed by atoms with Gasteiger partial charge in [-0.05, 0) is 53.6 Å². The molecule has 0 aliphatic carbocycles. The second kappa shape index (κ2) is 9.41. The van der Waals surface area contributed by atoms with E-state index < -0.39 is 9.84 Å². The Morgan fingerprint density at radius 2 is 1.58 bits per heavy atom. The highest BCUT2D eigenvalue weighted by molar-refractivity contribution is 7.90. The van der Waals surface area contributed by atoms with Crippen molar-refractivity contribution in [3.8, 4) is 28.7 Å². The second-order valence-electron chi connectivity index (χ2n) is 6.55. The number of nitriles is 1. The van der Waals surface area contributed by atoms with E-state index >= 15 is 0 Å². The summed E-state index contributed by atoms with van der Waals surface area (Å²) in [7, 11) is -3.31. The fourth-order valence-electron chi connectivity index (χ4n) is 3.15. The second-order valence-corrected chi connectivity index (χ2v) is 8.56. The van der Waals surface area contributed by atoms with Crippen LogP contribution in [0.2, 0.25) is 0 Å². The molecule has 0 aliphatic rings. The van der Waals surface area contributed by atoms with Gasteiger partial charge in [0.05, 0.1) is 16.0 Å². The zero-order chi connectivity index (χ0) is 22.4. The molecule has 31 heavy (non-hydrogen) atoms. The Labute approximate surface area is 182 Å². The Balaban J connectivity index is 0.00000132. The number of rotatable bonds is 4. The number of aromatic nitrogens is 1. The molecule has 0 bridgehead atoms. The molecule has 4 aromatic rings. The summed E-state index contributed by atoms with van der Waals surface area (Å²) < 4.78 is 29.4. The molecule has 0 radical (unpaired) electrons. The maximum Gasteiger partial charge on any atom is 0.175 e. The van der Waals surface area contributed by atoms with Crippen LogP contribution in [-0.2, 0) is 9.84 Å². The number of ether oxygens (including phenoxy) is 1. The lowest BCUT2D eigenvalue weighted by molar-refractivity contribution is 0.481. The first-order valence-corrected chi connectivity index (χ1v) is 11.7. The van der Waals surface area contributed by atoms with Crippen molar-refractivity contribution in [2.24, 2.45) is 0 Å². The predicted molar refractivity (Wildman–Crippen MR) is 123 cm³/mol. The summed E-state index contributed by atoms with van der Waals surface area (Å²) in [5, 5.41) is 10.2. The summed E-state index contributed by atoms with van der Waals surface area (Å²) >= 11 is 0. The molecule has 6 heteroatoms. The molecule has 1 aromatic heterocycles. The van der Waals surface area contributed by atoms with E-state index in [4.69, 9.17) is 4.74 Å². The zero-order valence-electron chi connectivity index (χ0n) is 17.5. The Morgan fingerprint density at radius 3 is 2.29 bits per heavy atom. The number of fused-ring (bicyclic) bond motifs is 1. The smallest absolute Gasteiger partial charge is 0.175 e. The maximum absolute atomic E-state index is 11.8. The number of sulfone groups is 1. The molecule has 0 saturated carbocycles. The lowest BCUT2D eigenvalue weighted by Crippen LogP contribution is -1.97. The Hall–Kier alpha value is -3.69. The first kappa shape index (κ1) is 22.0. The summed E-state index contributed by atoms with van der Waals surface area (Å²) in [5.41, 5.74) is 3.01. The van der Waals surface area contributed by atoms with Gasteiger partial charge in [0.25, 0.3) is 0 Å². The third kappa shape index (κ3) is 4.90. The van der Waals surface area contributed by atoms with Crippen molar-refractivity contribution in [2.75, 3.05) is 6.26 Å². The van der Waals surface area contributed by atoms with Gasteiger partial charge >= 0.3 is 0 Å². The lowest BCUT2D eigenvalue weighted by Gasteiger charge is -2.11. The van der Waals surface area contributed by atoms with Crippen LogP contribution in [0, 0.1) is 11.3 Å². The van der Waals surface area contributed by atoms with Crippen molar-refractivity contribution in [1.29, 1.82) is 5.26 Å². The highest BCUT2D eigenvalue weighted by Gasteiger charge is 2.11. The van der Waals surface area contributed by atoms with Gasteiger partial charge in [-0.3, -0.25) is 4.98 Å². The van der Waals surface area contributed by atoms with Crippen molar-refractivity contribution in [2.45, 2.75) is 18.7 Å². The Kier molecular flexibility index (Phi) is 6.68. The molecule has 5 nitrogen and oxygen atoms in total. The van der Waals surface area contributed by atoms with Gasteiger partial charge in [-0.15, -0.1) is 0 Å². The van der Waals surface area contributed by atoms with E-state index in [1.165, 1.54) is 12.1 Å². The molecule has 156 valence electrons. The fourth-order valence-corrected chi connectivity index (χ4v) is 3.81. The molecule has 0 aliphatic heterocycles. The van der Waals surface area contributed by atoms with Crippen molar-refractivity contribution < 1.29 is 13.2 Å². The summed E-state index contributed by atoms with van der Waals surface area (Å²) in [5.74, 6) is 1.02. The molecule has 0 atom stereocenters. The standard InChI is InChI=1S/C23H16N2O3S.C2H6/c1-29(26,27)20-9-4-8-19(14-20)28-18-7-2-5-16(13-18)21-11-12-25-23-17(15-24)6-3-10-22(21)23;1-2/h2-14H,1H3;1-2H3. The quantitative estimate of drug-likeness (QED) is 0.397. The van der Waals surface area contributed by atoms with Crippen LogP contribution in [0.4, 0.5) is 0 Å². The predicted octanol–water partition coefficient (Wildman–Crippen LogP) is 6.00. The number of pyridine rings is 1. The molecular formula is C25H22N2O3S. The lowest BCUT2D eigenvalue weighted by atomic mass is 9.99. The van der Waals surface area contributed by atoms with E-state index in [2.05, 4.69) is 11.1 Å². The Morgan fingerprint density at radius 1 is 0.903 bits per heavy atom. The normalized spacial score (nSPS) is 10.6. The van der Waals surface area contributed by atoms with Gasteiger partial charge in [0.2, 0.25) is 0 Å². The number of benzene rings is 3. The van der Waals surface area contributed by atoms with Crippen LogP contribution in [0.1, 0.15) is 19.4 Å². The van der Waals surface area contributed by atoms with Crippen LogP contribution < -0.4 is 4.74 Å². The highest BCUT2D eigenvalue weighted by Crippen LogP contribution is 2.32. The SMILES string of the molecule is CC.CS(=O)(=O)c1cccc(Oc2cccc(-c3ccnc4c(C#N)cccc34)c2)c1. The topological polar surface area (TPSA) is 80.1 Å². The zero-order valence-corrected chi connectivity index (χ0v) is 18.3. The fraction of sp³-hybridized carbons (Fsp3) is 0.120. The van der Waals surface area contributed by atoms with Gasteiger partial charge < -0.3 is 4.74 Å². The average molecular weight is 431 g/mol. The van der Waals surface area contributed by atoms with Gasteiger partial charge in [0, 0.05) is 17.8 Å². The van der Waals surface area contributed by atoms with Crippen LogP contribution in [-0.4, -0.2) is 19.7 Å². The third-order valence-corrected chi connectivity index (χ3v) is 5.62. The first-order chi connectivity index (χ1) is 15.0. The molecule has 0 N–H and O–H groups in total.